The fourth-order valence-electron chi connectivity index (χ4n) is 3.61. The Hall–Kier alpha value is -1.57. The lowest BCUT2D eigenvalue weighted by Crippen LogP contribution is -2.44. The molecule has 1 heterocycles. The number of benzene rings is 1. The molecule has 0 aliphatic heterocycles. The standard InChI is InChI=1S/C19H27N5.HI/c1-20-18(22-14-17-21-12-13-24(17)2)23-15-19(10-6-7-11-19)16-8-4-3-5-9-16;/h3-5,8-9,12-13H,6-7,10-11,14-15H2,1-2H3,(H2,20,22,23);1H. The molecule has 1 aliphatic rings. The molecule has 5 nitrogen and oxygen atoms in total. The van der Waals surface area contributed by atoms with Gasteiger partial charge < -0.3 is 15.2 Å². The first-order chi connectivity index (χ1) is 11.7. The van der Waals surface area contributed by atoms with Crippen molar-refractivity contribution in [3.05, 3.63) is 54.1 Å². The topological polar surface area (TPSA) is 54.2 Å². The van der Waals surface area contributed by atoms with Gasteiger partial charge in [-0.2, -0.15) is 0 Å². The predicted octanol–water partition coefficient (Wildman–Crippen LogP) is 3.22. The van der Waals surface area contributed by atoms with Crippen molar-refractivity contribution in [1.82, 2.24) is 20.2 Å². The second kappa shape index (κ2) is 9.22. The van der Waals surface area contributed by atoms with Crippen LogP contribution in [-0.2, 0) is 19.0 Å². The molecule has 1 aromatic carbocycles. The van der Waals surface area contributed by atoms with Crippen LogP contribution < -0.4 is 10.6 Å². The molecule has 25 heavy (non-hydrogen) atoms. The van der Waals surface area contributed by atoms with E-state index < -0.39 is 0 Å². The lowest BCUT2D eigenvalue weighted by molar-refractivity contribution is 0.431. The van der Waals surface area contributed by atoms with Crippen LogP contribution in [0.4, 0.5) is 0 Å². The second-order valence-corrected chi connectivity index (χ2v) is 6.59. The van der Waals surface area contributed by atoms with Crippen LogP contribution in [0.1, 0.15) is 37.1 Å². The zero-order valence-corrected chi connectivity index (χ0v) is 17.4. The summed E-state index contributed by atoms with van der Waals surface area (Å²) in [5, 5.41) is 6.90. The van der Waals surface area contributed by atoms with Gasteiger partial charge in [0.1, 0.15) is 5.82 Å². The number of nitrogens with zero attached hydrogens (tertiary/aromatic N) is 3. The summed E-state index contributed by atoms with van der Waals surface area (Å²) in [6, 6.07) is 10.9. The normalized spacial score (nSPS) is 16.3. The van der Waals surface area contributed by atoms with E-state index in [0.717, 1.165) is 18.3 Å². The van der Waals surface area contributed by atoms with E-state index in [0.29, 0.717) is 6.54 Å². The van der Waals surface area contributed by atoms with E-state index in [-0.39, 0.29) is 29.4 Å². The van der Waals surface area contributed by atoms with Crippen LogP contribution in [0.5, 0.6) is 0 Å². The number of aryl methyl sites for hydroxylation is 1. The molecule has 1 aliphatic carbocycles. The Bertz CT molecular complexity index is 674. The number of nitrogens with one attached hydrogen (secondary N) is 2. The lowest BCUT2D eigenvalue weighted by Gasteiger charge is -2.30. The zero-order valence-electron chi connectivity index (χ0n) is 15.0. The maximum atomic E-state index is 4.36. The predicted molar refractivity (Wildman–Crippen MR) is 113 cm³/mol. The highest BCUT2D eigenvalue weighted by atomic mass is 127. The first-order valence-corrected chi connectivity index (χ1v) is 8.70. The van der Waals surface area contributed by atoms with Gasteiger partial charge in [-0.3, -0.25) is 4.99 Å². The molecule has 0 radical (unpaired) electrons. The van der Waals surface area contributed by atoms with Gasteiger partial charge in [0.25, 0.3) is 0 Å². The monoisotopic (exact) mass is 453 g/mol. The van der Waals surface area contributed by atoms with Gasteiger partial charge in [0.15, 0.2) is 5.96 Å². The Morgan fingerprint density at radius 2 is 1.92 bits per heavy atom. The summed E-state index contributed by atoms with van der Waals surface area (Å²) in [7, 11) is 3.82. The first kappa shape index (κ1) is 19.8. The maximum absolute atomic E-state index is 4.36. The summed E-state index contributed by atoms with van der Waals surface area (Å²) in [6.07, 6.45) is 8.85. The molecule has 1 aromatic heterocycles. The van der Waals surface area contributed by atoms with E-state index in [9.17, 15) is 0 Å². The van der Waals surface area contributed by atoms with E-state index in [1.165, 1.54) is 31.2 Å². The number of halogens is 1. The van der Waals surface area contributed by atoms with Gasteiger partial charge in [0.05, 0.1) is 6.54 Å². The van der Waals surface area contributed by atoms with Gasteiger partial charge >= 0.3 is 0 Å². The summed E-state index contributed by atoms with van der Waals surface area (Å²) in [5.41, 5.74) is 1.66. The van der Waals surface area contributed by atoms with Crippen molar-refractivity contribution in [2.75, 3.05) is 13.6 Å². The molecule has 2 aromatic rings. The van der Waals surface area contributed by atoms with Crippen molar-refractivity contribution in [2.24, 2.45) is 12.0 Å². The first-order valence-electron chi connectivity index (χ1n) is 8.70. The average Bonchev–Trinajstić information content (AvgIpc) is 3.26. The number of aliphatic imine (C=N–C) groups is 1. The van der Waals surface area contributed by atoms with Crippen molar-refractivity contribution in [1.29, 1.82) is 0 Å². The van der Waals surface area contributed by atoms with Crippen LogP contribution in [0.2, 0.25) is 0 Å². The molecule has 0 bridgehead atoms. The highest BCUT2D eigenvalue weighted by Gasteiger charge is 2.35. The molecule has 6 heteroatoms. The summed E-state index contributed by atoms with van der Waals surface area (Å²) < 4.78 is 2.02. The number of hydrogen-bond acceptors (Lipinski definition) is 2. The van der Waals surface area contributed by atoms with Gasteiger partial charge in [-0.05, 0) is 18.4 Å². The Morgan fingerprint density at radius 1 is 1.20 bits per heavy atom. The smallest absolute Gasteiger partial charge is 0.191 e. The van der Waals surface area contributed by atoms with E-state index in [1.807, 2.05) is 31.1 Å². The Balaban J connectivity index is 0.00000225. The Morgan fingerprint density at radius 3 is 2.52 bits per heavy atom. The minimum atomic E-state index is 0. The summed E-state index contributed by atoms with van der Waals surface area (Å²) in [4.78, 5) is 8.70. The van der Waals surface area contributed by atoms with E-state index in [1.54, 1.807) is 0 Å². The minimum Gasteiger partial charge on any atom is -0.356 e. The largest absolute Gasteiger partial charge is 0.356 e. The quantitative estimate of drug-likeness (QED) is 0.416. The fraction of sp³-hybridized carbons (Fsp3) is 0.474. The molecule has 0 spiro atoms. The van der Waals surface area contributed by atoms with Crippen LogP contribution >= 0.6 is 24.0 Å². The Labute approximate surface area is 167 Å². The van der Waals surface area contributed by atoms with Gasteiger partial charge in [-0.1, -0.05) is 43.2 Å². The fourth-order valence-corrected chi connectivity index (χ4v) is 3.61. The number of hydrogen-bond donors (Lipinski definition) is 2. The second-order valence-electron chi connectivity index (χ2n) is 6.59. The minimum absolute atomic E-state index is 0. The molecular formula is C19H28IN5. The SMILES string of the molecule is CN=C(NCc1nccn1C)NCC1(c2ccccc2)CCCC1.I. The highest BCUT2D eigenvalue weighted by Crippen LogP contribution is 2.40. The van der Waals surface area contributed by atoms with Crippen molar-refractivity contribution in [3.63, 3.8) is 0 Å². The van der Waals surface area contributed by atoms with Gasteiger partial charge in [0.2, 0.25) is 0 Å². The molecule has 136 valence electrons. The van der Waals surface area contributed by atoms with Crippen molar-refractivity contribution < 1.29 is 0 Å². The third-order valence-electron chi connectivity index (χ3n) is 5.10. The maximum Gasteiger partial charge on any atom is 0.191 e. The number of imidazole rings is 1. The zero-order chi connectivity index (χ0) is 16.8. The van der Waals surface area contributed by atoms with Crippen molar-refractivity contribution in [2.45, 2.75) is 37.6 Å². The molecule has 3 rings (SSSR count). The van der Waals surface area contributed by atoms with Gasteiger partial charge in [0, 0.05) is 38.4 Å². The molecule has 2 N–H and O–H groups in total. The lowest BCUT2D eigenvalue weighted by atomic mass is 9.79. The molecule has 1 fully saturated rings. The highest BCUT2D eigenvalue weighted by molar-refractivity contribution is 14.0. The van der Waals surface area contributed by atoms with Crippen LogP contribution in [0, 0.1) is 0 Å². The summed E-state index contributed by atoms with van der Waals surface area (Å²) in [6.45, 7) is 1.58. The third-order valence-corrected chi connectivity index (χ3v) is 5.10. The van der Waals surface area contributed by atoms with Crippen LogP contribution in [-0.4, -0.2) is 29.1 Å². The number of guanidine groups is 1. The van der Waals surface area contributed by atoms with E-state index in [4.69, 9.17) is 0 Å². The average molecular weight is 453 g/mol. The summed E-state index contributed by atoms with van der Waals surface area (Å²) in [5.74, 6) is 1.83. The third kappa shape index (κ3) is 4.74. The molecule has 0 saturated heterocycles. The molecule has 0 atom stereocenters. The van der Waals surface area contributed by atoms with Crippen molar-refractivity contribution in [3.8, 4) is 0 Å². The van der Waals surface area contributed by atoms with Crippen molar-refractivity contribution >= 4 is 29.9 Å². The van der Waals surface area contributed by atoms with Gasteiger partial charge in [-0.25, -0.2) is 4.98 Å². The Kier molecular flexibility index (Phi) is 7.28. The molecule has 1 saturated carbocycles. The van der Waals surface area contributed by atoms with E-state index in [2.05, 4.69) is 50.9 Å². The molecule has 0 unspecified atom stereocenters. The van der Waals surface area contributed by atoms with Crippen LogP contribution in [0.3, 0.4) is 0 Å². The van der Waals surface area contributed by atoms with E-state index >= 15 is 0 Å². The molecular weight excluding hydrogens is 425 g/mol. The molecule has 0 amide bonds. The van der Waals surface area contributed by atoms with Crippen LogP contribution in [0.15, 0.2) is 47.7 Å². The number of rotatable bonds is 5. The van der Waals surface area contributed by atoms with Crippen LogP contribution in [0.25, 0.3) is 0 Å². The van der Waals surface area contributed by atoms with Gasteiger partial charge in [-0.15, -0.1) is 24.0 Å². The summed E-state index contributed by atoms with van der Waals surface area (Å²) >= 11 is 0. The number of aromatic nitrogens is 2.